The first kappa shape index (κ1) is 15.4. The number of rotatable bonds is 6. The van der Waals surface area contributed by atoms with Gasteiger partial charge in [0.15, 0.2) is 0 Å². The van der Waals surface area contributed by atoms with Crippen LogP contribution in [0.5, 0.6) is 0 Å². The highest BCUT2D eigenvalue weighted by molar-refractivity contribution is 7.98. The molecule has 0 unspecified atom stereocenters. The van der Waals surface area contributed by atoms with Gasteiger partial charge in [-0.1, -0.05) is 6.07 Å². The predicted octanol–water partition coefficient (Wildman–Crippen LogP) is 2.61. The smallest absolute Gasteiger partial charge is 0.221 e. The Morgan fingerprint density at radius 1 is 1.47 bits per heavy atom. The van der Waals surface area contributed by atoms with Gasteiger partial charge in [-0.3, -0.25) is 4.79 Å². The van der Waals surface area contributed by atoms with E-state index in [-0.39, 0.29) is 11.9 Å². The van der Waals surface area contributed by atoms with Crippen LogP contribution >= 0.6 is 11.8 Å². The van der Waals surface area contributed by atoms with Gasteiger partial charge in [0.25, 0.3) is 0 Å². The summed E-state index contributed by atoms with van der Waals surface area (Å²) in [7, 11) is 0. The molecular formula is C14H19N3OS. The third-order valence-electron chi connectivity index (χ3n) is 2.48. The van der Waals surface area contributed by atoms with E-state index < -0.39 is 0 Å². The summed E-state index contributed by atoms with van der Waals surface area (Å²) in [5.74, 6) is 0.0158. The molecule has 0 heterocycles. The van der Waals surface area contributed by atoms with Crippen molar-refractivity contribution >= 4 is 23.4 Å². The lowest BCUT2D eigenvalue weighted by atomic mass is 10.2. The molecular weight excluding hydrogens is 258 g/mol. The number of amides is 1. The summed E-state index contributed by atoms with van der Waals surface area (Å²) in [4.78, 5) is 12.4. The fraction of sp³-hybridized carbons (Fsp3) is 0.429. The van der Waals surface area contributed by atoms with E-state index in [2.05, 4.69) is 16.7 Å². The average molecular weight is 277 g/mol. The lowest BCUT2D eigenvalue weighted by Crippen LogP contribution is -2.31. The Bertz CT molecular complexity index is 480. The Morgan fingerprint density at radius 3 is 2.79 bits per heavy atom. The first-order valence-corrected chi connectivity index (χ1v) is 7.41. The number of thioether (sulfide) groups is 1. The molecule has 0 saturated carbocycles. The Labute approximate surface area is 118 Å². The standard InChI is InChI=1S/C14H19N3OS/c1-10(2)17-14(18)7-8-16-12-5-4-6-13(19-3)11(12)9-15/h4-6,10,16H,7-8H2,1-3H3,(H,17,18). The second kappa shape index (κ2) is 7.70. The van der Waals surface area contributed by atoms with Gasteiger partial charge >= 0.3 is 0 Å². The SMILES string of the molecule is CSc1cccc(NCCC(=O)NC(C)C)c1C#N. The summed E-state index contributed by atoms with van der Waals surface area (Å²) < 4.78 is 0. The van der Waals surface area contributed by atoms with Crippen LogP contribution in [0.1, 0.15) is 25.8 Å². The van der Waals surface area contributed by atoms with Crippen LogP contribution in [-0.4, -0.2) is 24.7 Å². The third-order valence-corrected chi connectivity index (χ3v) is 3.26. The summed E-state index contributed by atoms with van der Waals surface area (Å²) in [6, 6.07) is 8.04. The van der Waals surface area contributed by atoms with E-state index in [0.29, 0.717) is 18.5 Å². The molecule has 1 amide bonds. The normalized spacial score (nSPS) is 10.1. The van der Waals surface area contributed by atoms with Crippen molar-refractivity contribution in [1.82, 2.24) is 5.32 Å². The van der Waals surface area contributed by atoms with E-state index >= 15 is 0 Å². The predicted molar refractivity (Wildman–Crippen MR) is 79.3 cm³/mol. The molecule has 0 saturated heterocycles. The lowest BCUT2D eigenvalue weighted by molar-refractivity contribution is -0.121. The van der Waals surface area contributed by atoms with Crippen molar-refractivity contribution in [3.8, 4) is 6.07 Å². The fourth-order valence-electron chi connectivity index (χ4n) is 1.67. The highest BCUT2D eigenvalue weighted by atomic mass is 32.2. The van der Waals surface area contributed by atoms with Crippen molar-refractivity contribution in [2.75, 3.05) is 18.1 Å². The molecule has 102 valence electrons. The van der Waals surface area contributed by atoms with E-state index in [1.807, 2.05) is 38.3 Å². The van der Waals surface area contributed by atoms with Crippen LogP contribution in [0.3, 0.4) is 0 Å². The molecule has 0 aromatic heterocycles. The van der Waals surface area contributed by atoms with Crippen molar-refractivity contribution < 1.29 is 4.79 Å². The van der Waals surface area contributed by atoms with Gasteiger partial charge < -0.3 is 10.6 Å². The number of carbonyl (C=O) groups is 1. The summed E-state index contributed by atoms with van der Waals surface area (Å²) in [5.41, 5.74) is 1.42. The van der Waals surface area contributed by atoms with Crippen molar-refractivity contribution in [1.29, 1.82) is 5.26 Å². The summed E-state index contributed by atoms with van der Waals surface area (Å²) in [6.07, 6.45) is 2.34. The van der Waals surface area contributed by atoms with Crippen molar-refractivity contribution in [2.24, 2.45) is 0 Å². The first-order valence-electron chi connectivity index (χ1n) is 6.18. The molecule has 0 aliphatic rings. The molecule has 0 aliphatic heterocycles. The van der Waals surface area contributed by atoms with Crippen LogP contribution in [0.15, 0.2) is 23.1 Å². The van der Waals surface area contributed by atoms with E-state index in [0.717, 1.165) is 10.6 Å². The molecule has 1 aromatic carbocycles. The average Bonchev–Trinajstić information content (AvgIpc) is 2.37. The number of hydrogen-bond acceptors (Lipinski definition) is 4. The Morgan fingerprint density at radius 2 is 2.21 bits per heavy atom. The Balaban J connectivity index is 2.59. The van der Waals surface area contributed by atoms with Crippen LogP contribution in [0, 0.1) is 11.3 Å². The third kappa shape index (κ3) is 4.84. The summed E-state index contributed by atoms with van der Waals surface area (Å²) >= 11 is 1.54. The first-order chi connectivity index (χ1) is 9.08. The van der Waals surface area contributed by atoms with Crippen LogP contribution < -0.4 is 10.6 Å². The van der Waals surface area contributed by atoms with Crippen LogP contribution in [-0.2, 0) is 4.79 Å². The van der Waals surface area contributed by atoms with Gasteiger partial charge in [0.05, 0.1) is 11.3 Å². The van der Waals surface area contributed by atoms with E-state index in [1.54, 1.807) is 11.8 Å². The minimum absolute atomic E-state index is 0.0158. The number of nitriles is 1. The Kier molecular flexibility index (Phi) is 6.23. The zero-order valence-corrected chi connectivity index (χ0v) is 12.3. The van der Waals surface area contributed by atoms with Gasteiger partial charge in [-0.25, -0.2) is 0 Å². The maximum absolute atomic E-state index is 11.5. The van der Waals surface area contributed by atoms with Crippen LogP contribution in [0.25, 0.3) is 0 Å². The zero-order valence-electron chi connectivity index (χ0n) is 11.5. The molecule has 1 rings (SSSR count). The van der Waals surface area contributed by atoms with Crippen molar-refractivity contribution in [2.45, 2.75) is 31.2 Å². The topological polar surface area (TPSA) is 64.9 Å². The van der Waals surface area contributed by atoms with E-state index in [4.69, 9.17) is 0 Å². The second-order valence-electron chi connectivity index (χ2n) is 4.39. The molecule has 2 N–H and O–H groups in total. The molecule has 19 heavy (non-hydrogen) atoms. The largest absolute Gasteiger partial charge is 0.383 e. The van der Waals surface area contributed by atoms with Gasteiger partial charge in [-0.2, -0.15) is 5.26 Å². The maximum Gasteiger partial charge on any atom is 0.221 e. The zero-order chi connectivity index (χ0) is 14.3. The van der Waals surface area contributed by atoms with E-state index in [1.165, 1.54) is 0 Å². The number of anilines is 1. The second-order valence-corrected chi connectivity index (χ2v) is 5.24. The van der Waals surface area contributed by atoms with Gasteiger partial charge in [0.2, 0.25) is 5.91 Å². The molecule has 5 heteroatoms. The van der Waals surface area contributed by atoms with Gasteiger partial charge in [-0.15, -0.1) is 11.8 Å². The highest BCUT2D eigenvalue weighted by Crippen LogP contribution is 2.26. The van der Waals surface area contributed by atoms with Gasteiger partial charge in [0, 0.05) is 23.9 Å². The quantitative estimate of drug-likeness (QED) is 0.784. The molecule has 0 radical (unpaired) electrons. The number of nitrogens with one attached hydrogen (secondary N) is 2. The van der Waals surface area contributed by atoms with Crippen LogP contribution in [0.2, 0.25) is 0 Å². The van der Waals surface area contributed by atoms with Gasteiger partial charge in [-0.05, 0) is 32.2 Å². The number of hydrogen-bond donors (Lipinski definition) is 2. The van der Waals surface area contributed by atoms with Crippen molar-refractivity contribution in [3.63, 3.8) is 0 Å². The molecule has 0 bridgehead atoms. The van der Waals surface area contributed by atoms with Gasteiger partial charge in [0.1, 0.15) is 6.07 Å². The number of benzene rings is 1. The molecule has 0 aliphatic carbocycles. The van der Waals surface area contributed by atoms with E-state index in [9.17, 15) is 10.1 Å². The van der Waals surface area contributed by atoms with Crippen molar-refractivity contribution in [3.05, 3.63) is 23.8 Å². The molecule has 0 atom stereocenters. The minimum atomic E-state index is 0.0158. The van der Waals surface area contributed by atoms with Crippen LogP contribution in [0.4, 0.5) is 5.69 Å². The molecule has 0 fully saturated rings. The molecule has 0 spiro atoms. The highest BCUT2D eigenvalue weighted by Gasteiger charge is 2.08. The number of carbonyl (C=O) groups excluding carboxylic acids is 1. The summed E-state index contributed by atoms with van der Waals surface area (Å²) in [6.45, 7) is 4.38. The monoisotopic (exact) mass is 277 g/mol. The maximum atomic E-state index is 11.5. The fourth-order valence-corrected chi connectivity index (χ4v) is 2.24. The minimum Gasteiger partial charge on any atom is -0.383 e. The molecule has 4 nitrogen and oxygen atoms in total. The summed E-state index contributed by atoms with van der Waals surface area (Å²) in [5, 5.41) is 15.2. The Hall–Kier alpha value is -1.67. The number of nitrogens with zero attached hydrogens (tertiary/aromatic N) is 1. The molecule has 1 aromatic rings. The lowest BCUT2D eigenvalue weighted by Gasteiger charge is -2.11.